The number of anilines is 1. The molecule has 0 amide bonds. The molecular weight excluding hydrogens is 242 g/mol. The van der Waals surface area contributed by atoms with E-state index in [9.17, 15) is 0 Å². The van der Waals surface area contributed by atoms with Gasteiger partial charge in [-0.15, -0.1) is 0 Å². The molecule has 0 aliphatic carbocycles. The van der Waals surface area contributed by atoms with Gasteiger partial charge in [0.05, 0.1) is 11.7 Å². The topological polar surface area (TPSA) is 29.0 Å². The largest absolute Gasteiger partial charge is 0.349 e. The average Bonchev–Trinajstić information content (AvgIpc) is 2.74. The van der Waals surface area contributed by atoms with Gasteiger partial charge in [-0.3, -0.25) is 0 Å². The molecule has 84 valence electrons. The zero-order chi connectivity index (χ0) is 11.4. The van der Waals surface area contributed by atoms with E-state index in [1.54, 1.807) is 0 Å². The van der Waals surface area contributed by atoms with E-state index in [4.69, 9.17) is 11.6 Å². The predicted octanol–water partition coefficient (Wildman–Crippen LogP) is 3.22. The summed E-state index contributed by atoms with van der Waals surface area (Å²) in [5.74, 6) is 0.776. The summed E-state index contributed by atoms with van der Waals surface area (Å²) in [5.41, 5.74) is 1.24. The van der Waals surface area contributed by atoms with E-state index in [0.29, 0.717) is 5.15 Å². The third kappa shape index (κ3) is 2.51. The number of halogens is 1. The Hall–Kier alpha value is -1.13. The van der Waals surface area contributed by atoms with Crippen molar-refractivity contribution in [3.05, 3.63) is 41.0 Å². The Morgan fingerprint density at radius 2 is 2.00 bits per heavy atom. The van der Waals surface area contributed by atoms with E-state index in [1.165, 1.54) is 5.56 Å². The Bertz CT molecular complexity index is 444. The molecule has 0 fully saturated rings. The molecule has 0 aliphatic rings. The Morgan fingerprint density at radius 1 is 1.25 bits per heavy atom. The first-order valence-electron chi connectivity index (χ1n) is 5.08. The summed E-state index contributed by atoms with van der Waals surface area (Å²) in [5, 5.41) is 0.489. The van der Waals surface area contributed by atoms with Crippen molar-refractivity contribution < 1.29 is 0 Å². The molecule has 3 nitrogen and oxygen atoms in total. The molecule has 16 heavy (non-hydrogen) atoms. The van der Waals surface area contributed by atoms with Crippen LogP contribution in [0.4, 0.5) is 5.82 Å². The van der Waals surface area contributed by atoms with Crippen molar-refractivity contribution in [1.29, 1.82) is 0 Å². The lowest BCUT2D eigenvalue weighted by molar-refractivity contribution is 0.820. The maximum atomic E-state index is 5.97. The summed E-state index contributed by atoms with van der Waals surface area (Å²) in [6.07, 6.45) is 0. The van der Waals surface area contributed by atoms with Crippen LogP contribution in [0.5, 0.6) is 0 Å². The lowest BCUT2D eigenvalue weighted by Gasteiger charge is -2.20. The second kappa shape index (κ2) is 5.27. The molecule has 0 unspecified atom stereocenters. The highest BCUT2D eigenvalue weighted by Crippen LogP contribution is 2.24. The van der Waals surface area contributed by atoms with Crippen molar-refractivity contribution in [2.75, 3.05) is 11.4 Å². The number of nitrogens with zero attached hydrogens (tertiary/aromatic N) is 3. The van der Waals surface area contributed by atoms with E-state index in [-0.39, 0.29) is 0 Å². The Morgan fingerprint density at radius 3 is 2.56 bits per heavy atom. The SMILES string of the molecule is CCN(Cc1ccccc1)c1nsnc1Cl. The van der Waals surface area contributed by atoms with Gasteiger partial charge >= 0.3 is 0 Å². The highest BCUT2D eigenvalue weighted by molar-refractivity contribution is 6.99. The van der Waals surface area contributed by atoms with E-state index in [0.717, 1.165) is 30.6 Å². The summed E-state index contributed by atoms with van der Waals surface area (Å²) in [4.78, 5) is 2.11. The number of hydrogen-bond acceptors (Lipinski definition) is 4. The Kier molecular flexibility index (Phi) is 3.74. The number of benzene rings is 1. The minimum atomic E-state index is 0.489. The smallest absolute Gasteiger partial charge is 0.187 e. The van der Waals surface area contributed by atoms with Crippen LogP contribution in [0.2, 0.25) is 5.15 Å². The standard InChI is InChI=1S/C11H12ClN3S/c1-2-15(11-10(12)13-16-14-11)8-9-6-4-3-5-7-9/h3-7H,2,8H2,1H3. The van der Waals surface area contributed by atoms with Gasteiger partial charge in [-0.25, -0.2) is 0 Å². The van der Waals surface area contributed by atoms with Crippen LogP contribution in [-0.2, 0) is 6.54 Å². The lowest BCUT2D eigenvalue weighted by atomic mass is 10.2. The second-order valence-corrected chi connectivity index (χ2v) is 4.26. The van der Waals surface area contributed by atoms with Crippen LogP contribution >= 0.6 is 23.3 Å². The molecular formula is C11H12ClN3S. The molecule has 0 aliphatic heterocycles. The summed E-state index contributed by atoms with van der Waals surface area (Å²) < 4.78 is 8.19. The van der Waals surface area contributed by atoms with Crippen LogP contribution in [0.25, 0.3) is 0 Å². The summed E-state index contributed by atoms with van der Waals surface area (Å²) in [6, 6.07) is 10.3. The maximum Gasteiger partial charge on any atom is 0.187 e. The normalized spacial score (nSPS) is 10.4. The van der Waals surface area contributed by atoms with Crippen molar-refractivity contribution in [1.82, 2.24) is 8.75 Å². The molecule has 0 N–H and O–H groups in total. The molecule has 2 rings (SSSR count). The van der Waals surface area contributed by atoms with Crippen LogP contribution < -0.4 is 4.90 Å². The quantitative estimate of drug-likeness (QED) is 0.838. The van der Waals surface area contributed by atoms with Crippen molar-refractivity contribution in [3.63, 3.8) is 0 Å². The molecule has 0 saturated carbocycles. The highest BCUT2D eigenvalue weighted by atomic mass is 35.5. The van der Waals surface area contributed by atoms with Gasteiger partial charge in [-0.2, -0.15) is 8.75 Å². The summed E-state index contributed by atoms with van der Waals surface area (Å²) in [6.45, 7) is 3.75. The molecule has 0 atom stereocenters. The van der Waals surface area contributed by atoms with E-state index < -0.39 is 0 Å². The van der Waals surface area contributed by atoms with E-state index in [1.807, 2.05) is 18.2 Å². The van der Waals surface area contributed by atoms with Gasteiger partial charge in [0.1, 0.15) is 0 Å². The first kappa shape index (κ1) is 11.4. The van der Waals surface area contributed by atoms with Crippen molar-refractivity contribution >= 4 is 29.1 Å². The molecule has 0 spiro atoms. The minimum absolute atomic E-state index is 0.489. The monoisotopic (exact) mass is 253 g/mol. The van der Waals surface area contributed by atoms with Crippen molar-refractivity contribution in [3.8, 4) is 0 Å². The average molecular weight is 254 g/mol. The predicted molar refractivity (Wildman–Crippen MR) is 68.1 cm³/mol. The molecule has 1 heterocycles. The summed E-state index contributed by atoms with van der Waals surface area (Å²) >= 11 is 7.12. The number of hydrogen-bond donors (Lipinski definition) is 0. The van der Waals surface area contributed by atoms with Crippen LogP contribution in [0.15, 0.2) is 30.3 Å². The molecule has 5 heteroatoms. The minimum Gasteiger partial charge on any atom is -0.349 e. The Balaban J connectivity index is 2.16. The molecule has 0 radical (unpaired) electrons. The zero-order valence-corrected chi connectivity index (χ0v) is 10.5. The zero-order valence-electron chi connectivity index (χ0n) is 8.93. The molecule has 0 saturated heterocycles. The van der Waals surface area contributed by atoms with E-state index >= 15 is 0 Å². The van der Waals surface area contributed by atoms with Crippen molar-refractivity contribution in [2.24, 2.45) is 0 Å². The van der Waals surface area contributed by atoms with Gasteiger partial charge in [0.15, 0.2) is 11.0 Å². The first-order valence-corrected chi connectivity index (χ1v) is 6.19. The Labute approximate surface area is 104 Å². The third-order valence-corrected chi connectivity index (χ3v) is 3.20. The molecule has 2 aromatic rings. The van der Waals surface area contributed by atoms with E-state index in [2.05, 4.69) is 32.7 Å². The third-order valence-electron chi connectivity index (χ3n) is 2.33. The summed E-state index contributed by atoms with van der Waals surface area (Å²) in [7, 11) is 0. The molecule has 1 aromatic carbocycles. The van der Waals surface area contributed by atoms with Crippen LogP contribution in [0.1, 0.15) is 12.5 Å². The van der Waals surface area contributed by atoms with Crippen LogP contribution in [0.3, 0.4) is 0 Å². The van der Waals surface area contributed by atoms with Gasteiger partial charge in [-0.05, 0) is 12.5 Å². The number of rotatable bonds is 4. The van der Waals surface area contributed by atoms with Gasteiger partial charge < -0.3 is 4.90 Å². The maximum absolute atomic E-state index is 5.97. The fourth-order valence-corrected chi connectivity index (χ4v) is 2.28. The molecule has 1 aromatic heterocycles. The van der Waals surface area contributed by atoms with Gasteiger partial charge in [0, 0.05) is 13.1 Å². The molecule has 0 bridgehead atoms. The van der Waals surface area contributed by atoms with Crippen LogP contribution in [-0.4, -0.2) is 15.3 Å². The fraction of sp³-hybridized carbons (Fsp3) is 0.273. The first-order chi connectivity index (χ1) is 7.81. The van der Waals surface area contributed by atoms with Gasteiger partial charge in [0.25, 0.3) is 0 Å². The van der Waals surface area contributed by atoms with Crippen LogP contribution in [0, 0.1) is 0 Å². The lowest BCUT2D eigenvalue weighted by Crippen LogP contribution is -2.22. The highest BCUT2D eigenvalue weighted by Gasteiger charge is 2.13. The second-order valence-electron chi connectivity index (χ2n) is 3.38. The van der Waals surface area contributed by atoms with Gasteiger partial charge in [0.2, 0.25) is 0 Å². The fourth-order valence-electron chi connectivity index (χ4n) is 1.50. The number of aromatic nitrogens is 2. The van der Waals surface area contributed by atoms with Crippen molar-refractivity contribution in [2.45, 2.75) is 13.5 Å². The van der Waals surface area contributed by atoms with Gasteiger partial charge in [-0.1, -0.05) is 41.9 Å².